The molecule has 3 N–H and O–H groups in total. The Bertz CT molecular complexity index is 518. The number of benzene rings is 1. The smallest absolute Gasteiger partial charge is 0.329 e. The van der Waals surface area contributed by atoms with Crippen molar-refractivity contribution in [3.8, 4) is 0 Å². The predicted molar refractivity (Wildman–Crippen MR) is 79.7 cm³/mol. The third-order valence-corrected chi connectivity index (χ3v) is 4.23. The molecule has 2 atom stereocenters. The molecule has 2 rings (SSSR count). The maximum absolute atomic E-state index is 12.6. The monoisotopic (exact) mass is 290 g/mol. The Morgan fingerprint density at radius 3 is 2.62 bits per heavy atom. The van der Waals surface area contributed by atoms with Crippen LogP contribution in [0.4, 0.5) is 0 Å². The number of carbonyl (C=O) groups excluding carboxylic acids is 1. The molecular formula is C16H22N2O3. The molecule has 1 aromatic rings. The molecule has 5 nitrogen and oxygen atoms in total. The predicted octanol–water partition coefficient (Wildman–Crippen LogP) is 1.41. The molecule has 0 saturated carbocycles. The van der Waals surface area contributed by atoms with E-state index in [0.29, 0.717) is 19.4 Å². The minimum Gasteiger partial charge on any atom is -0.480 e. The van der Waals surface area contributed by atoms with Crippen LogP contribution in [0.5, 0.6) is 0 Å². The summed E-state index contributed by atoms with van der Waals surface area (Å²) in [6.45, 7) is 2.08. The molecule has 0 radical (unpaired) electrons. The summed E-state index contributed by atoms with van der Waals surface area (Å²) in [6.07, 6.45) is 2.55. The second kappa shape index (κ2) is 6.26. The van der Waals surface area contributed by atoms with Gasteiger partial charge in [0.15, 0.2) is 0 Å². The molecule has 1 amide bonds. The van der Waals surface area contributed by atoms with Crippen molar-refractivity contribution in [3.63, 3.8) is 0 Å². The zero-order valence-electron chi connectivity index (χ0n) is 12.3. The third-order valence-electron chi connectivity index (χ3n) is 4.23. The number of nitrogens with two attached hydrogens (primary N) is 1. The highest BCUT2D eigenvalue weighted by atomic mass is 16.4. The standard InChI is InChI=1S/C16H22N2O3/c1-16(15(20)21)9-5-6-10-18(16)14(19)13(17)11-12-7-3-2-4-8-12/h2-4,7-8,13H,5-6,9-11,17H2,1H3,(H,20,21). The first-order valence-corrected chi connectivity index (χ1v) is 7.29. The third kappa shape index (κ3) is 3.24. The summed E-state index contributed by atoms with van der Waals surface area (Å²) in [5.41, 5.74) is 5.86. The van der Waals surface area contributed by atoms with Gasteiger partial charge < -0.3 is 15.7 Å². The summed E-state index contributed by atoms with van der Waals surface area (Å²) < 4.78 is 0. The Kier molecular flexibility index (Phi) is 4.63. The van der Waals surface area contributed by atoms with Crippen molar-refractivity contribution in [1.82, 2.24) is 4.90 Å². The van der Waals surface area contributed by atoms with Crippen molar-refractivity contribution in [2.24, 2.45) is 5.73 Å². The number of nitrogens with zero attached hydrogens (tertiary/aromatic N) is 1. The van der Waals surface area contributed by atoms with E-state index in [1.807, 2.05) is 30.3 Å². The van der Waals surface area contributed by atoms with Crippen molar-refractivity contribution in [1.29, 1.82) is 0 Å². The molecule has 21 heavy (non-hydrogen) atoms. The normalized spacial score (nSPS) is 23.6. The van der Waals surface area contributed by atoms with Crippen LogP contribution in [-0.2, 0) is 16.0 Å². The molecule has 0 aromatic heterocycles. The second-order valence-corrected chi connectivity index (χ2v) is 5.82. The Balaban J connectivity index is 2.12. The molecule has 114 valence electrons. The van der Waals surface area contributed by atoms with Gasteiger partial charge in [-0.15, -0.1) is 0 Å². The second-order valence-electron chi connectivity index (χ2n) is 5.82. The van der Waals surface area contributed by atoms with Crippen LogP contribution in [0.3, 0.4) is 0 Å². The van der Waals surface area contributed by atoms with Gasteiger partial charge in [0.2, 0.25) is 5.91 Å². The number of rotatable bonds is 4. The highest BCUT2D eigenvalue weighted by molar-refractivity contribution is 5.89. The van der Waals surface area contributed by atoms with Crippen LogP contribution < -0.4 is 5.73 Å². The Labute approximate surface area is 124 Å². The molecule has 1 heterocycles. The molecule has 5 heteroatoms. The van der Waals surface area contributed by atoms with E-state index in [0.717, 1.165) is 18.4 Å². The molecule has 1 saturated heterocycles. The van der Waals surface area contributed by atoms with Crippen molar-refractivity contribution in [2.45, 2.75) is 44.2 Å². The minimum absolute atomic E-state index is 0.275. The summed E-state index contributed by atoms with van der Waals surface area (Å²) in [5, 5.41) is 9.45. The summed E-state index contributed by atoms with van der Waals surface area (Å²) >= 11 is 0. The average Bonchev–Trinajstić information content (AvgIpc) is 2.48. The Hall–Kier alpha value is -1.88. The summed E-state index contributed by atoms with van der Waals surface area (Å²) in [4.78, 5) is 25.5. The summed E-state index contributed by atoms with van der Waals surface area (Å²) in [7, 11) is 0. The summed E-state index contributed by atoms with van der Waals surface area (Å²) in [5.74, 6) is -1.23. The van der Waals surface area contributed by atoms with Gasteiger partial charge in [0.25, 0.3) is 0 Å². The van der Waals surface area contributed by atoms with Crippen LogP contribution in [0.25, 0.3) is 0 Å². The van der Waals surface area contributed by atoms with Gasteiger partial charge in [-0.25, -0.2) is 4.79 Å². The van der Waals surface area contributed by atoms with E-state index >= 15 is 0 Å². The number of carbonyl (C=O) groups is 2. The quantitative estimate of drug-likeness (QED) is 0.878. The van der Waals surface area contributed by atoms with E-state index in [-0.39, 0.29) is 5.91 Å². The van der Waals surface area contributed by atoms with Crippen LogP contribution in [-0.4, -0.2) is 40.0 Å². The lowest BCUT2D eigenvalue weighted by Gasteiger charge is -2.42. The van der Waals surface area contributed by atoms with Crippen molar-refractivity contribution < 1.29 is 14.7 Å². The number of piperidine rings is 1. The maximum atomic E-state index is 12.6. The van der Waals surface area contributed by atoms with Gasteiger partial charge in [-0.2, -0.15) is 0 Å². The number of carboxylic acids is 1. The van der Waals surface area contributed by atoms with E-state index in [1.165, 1.54) is 4.90 Å². The van der Waals surface area contributed by atoms with Crippen LogP contribution in [0.15, 0.2) is 30.3 Å². The molecular weight excluding hydrogens is 268 g/mol. The fourth-order valence-corrected chi connectivity index (χ4v) is 2.85. The Morgan fingerprint density at radius 1 is 1.33 bits per heavy atom. The molecule has 1 aromatic carbocycles. The van der Waals surface area contributed by atoms with Gasteiger partial charge in [-0.05, 0) is 38.2 Å². The van der Waals surface area contributed by atoms with Crippen LogP contribution in [0, 0.1) is 0 Å². The van der Waals surface area contributed by atoms with Gasteiger partial charge >= 0.3 is 5.97 Å². The molecule has 2 unspecified atom stereocenters. The maximum Gasteiger partial charge on any atom is 0.329 e. The number of carboxylic acid groups (broad SMARTS) is 1. The zero-order chi connectivity index (χ0) is 15.5. The van der Waals surface area contributed by atoms with Gasteiger partial charge in [0, 0.05) is 6.54 Å². The van der Waals surface area contributed by atoms with Crippen molar-refractivity contribution >= 4 is 11.9 Å². The lowest BCUT2D eigenvalue weighted by Crippen LogP contribution is -2.61. The molecule has 0 aliphatic carbocycles. The van der Waals surface area contributed by atoms with E-state index in [1.54, 1.807) is 6.92 Å². The number of aliphatic carboxylic acids is 1. The van der Waals surface area contributed by atoms with Crippen molar-refractivity contribution in [3.05, 3.63) is 35.9 Å². The molecule has 1 aliphatic heterocycles. The van der Waals surface area contributed by atoms with Crippen LogP contribution in [0.2, 0.25) is 0 Å². The first kappa shape index (κ1) is 15.5. The van der Waals surface area contributed by atoms with Gasteiger partial charge in [-0.1, -0.05) is 30.3 Å². The lowest BCUT2D eigenvalue weighted by molar-refractivity contribution is -0.161. The Morgan fingerprint density at radius 2 is 2.00 bits per heavy atom. The SMILES string of the molecule is CC1(C(=O)O)CCCCN1C(=O)C(N)Cc1ccccc1. The van der Waals surface area contributed by atoms with E-state index < -0.39 is 17.6 Å². The van der Waals surface area contributed by atoms with Gasteiger partial charge in [0.05, 0.1) is 6.04 Å². The molecule has 0 bridgehead atoms. The van der Waals surface area contributed by atoms with Gasteiger partial charge in [-0.3, -0.25) is 4.79 Å². The number of likely N-dealkylation sites (tertiary alicyclic amines) is 1. The minimum atomic E-state index is -1.14. The molecule has 1 aliphatic rings. The number of hydrogen-bond acceptors (Lipinski definition) is 3. The first-order chi connectivity index (χ1) is 9.95. The van der Waals surface area contributed by atoms with E-state index in [9.17, 15) is 14.7 Å². The largest absolute Gasteiger partial charge is 0.480 e. The van der Waals surface area contributed by atoms with Gasteiger partial charge in [0.1, 0.15) is 5.54 Å². The average molecular weight is 290 g/mol. The van der Waals surface area contributed by atoms with E-state index in [4.69, 9.17) is 5.73 Å². The fraction of sp³-hybridized carbons (Fsp3) is 0.500. The van der Waals surface area contributed by atoms with E-state index in [2.05, 4.69) is 0 Å². The molecule has 0 spiro atoms. The number of amides is 1. The highest BCUT2D eigenvalue weighted by Gasteiger charge is 2.44. The lowest BCUT2D eigenvalue weighted by atomic mass is 9.87. The highest BCUT2D eigenvalue weighted by Crippen LogP contribution is 2.29. The topological polar surface area (TPSA) is 83.6 Å². The fourth-order valence-electron chi connectivity index (χ4n) is 2.85. The number of hydrogen-bond donors (Lipinski definition) is 2. The van der Waals surface area contributed by atoms with Crippen LogP contribution in [0.1, 0.15) is 31.7 Å². The molecule has 1 fully saturated rings. The van der Waals surface area contributed by atoms with Crippen LogP contribution >= 0.6 is 0 Å². The van der Waals surface area contributed by atoms with Crippen molar-refractivity contribution in [2.75, 3.05) is 6.54 Å². The first-order valence-electron chi connectivity index (χ1n) is 7.29. The zero-order valence-corrected chi connectivity index (χ0v) is 12.3. The summed E-state index contributed by atoms with van der Waals surface area (Å²) in [6, 6.07) is 8.83.